The zero-order chi connectivity index (χ0) is 41.5. The first-order valence-corrected chi connectivity index (χ1v) is 18.5. The number of hydrogen-bond donors (Lipinski definition) is 1. The molecule has 2 aromatic heterocycles. The molecule has 57 heavy (non-hydrogen) atoms. The highest BCUT2D eigenvalue weighted by atomic mass is 16.6. The summed E-state index contributed by atoms with van der Waals surface area (Å²) in [5, 5.41) is 11.0. The predicted octanol–water partition coefficient (Wildman–Crippen LogP) is 7.70. The van der Waals surface area contributed by atoms with Crippen LogP contribution < -0.4 is 5.32 Å². The molecule has 8 rings (SSSR count). The number of aromatic nitrogens is 4. The summed E-state index contributed by atoms with van der Waals surface area (Å²) in [6.45, 7) is 18.8. The molecule has 15 nitrogen and oxygen atoms in total. The molecule has 3 aliphatic rings. The van der Waals surface area contributed by atoms with Crippen molar-refractivity contribution in [3.63, 3.8) is 0 Å². The highest BCUT2D eigenvalue weighted by molar-refractivity contribution is 5.71. The first-order chi connectivity index (χ1) is 27.0. The van der Waals surface area contributed by atoms with E-state index in [0.717, 1.165) is 17.7 Å². The molecular weight excluding hydrogens is 731 g/mol. The summed E-state index contributed by atoms with van der Waals surface area (Å²) in [4.78, 5) is 52.8. The third-order valence-corrected chi connectivity index (χ3v) is 9.00. The number of carbonyl (C=O) groups excluding carboxylic acids is 4. The summed E-state index contributed by atoms with van der Waals surface area (Å²) < 4.78 is 21.4. The Balaban J connectivity index is 0.000000160. The Labute approximate surface area is 331 Å². The average Bonchev–Trinajstić information content (AvgIpc) is 3.98. The van der Waals surface area contributed by atoms with E-state index in [9.17, 15) is 9.59 Å². The van der Waals surface area contributed by atoms with Crippen molar-refractivity contribution in [2.45, 2.75) is 111 Å². The summed E-state index contributed by atoms with van der Waals surface area (Å²) in [6, 6.07) is 24.1. The average molecular weight is 780 g/mol. The van der Waals surface area contributed by atoms with Gasteiger partial charge in [0.05, 0.1) is 12.6 Å². The Hall–Kier alpha value is -6.18. The third-order valence-electron chi connectivity index (χ3n) is 9.00. The Morgan fingerprint density at radius 1 is 0.684 bits per heavy atom. The standard InChI is InChI=1S/C16H19N3O3.C14H19NO2.C11H11N3O.CO2/c1-10-17-14(22-18-10)13-12-8-6-5-7-11(12)9-19(13)15(20)21-16(2,3)4;1-10-12-8-6-5-7-11(12)9-15(10)13(16)17-14(2,3)4;1-7-13-11(15-14-7)10-9-5-3-2-4-8(9)6-12-10;2-1-3/h5-8,13H,9H2,1-4H3;5-8,10H,9H2,1-4H3;2-5,10,12H,6H2,1H3;. The molecule has 2 amide bonds. The minimum absolute atomic E-state index is 0.0578. The second kappa shape index (κ2) is 17.7. The summed E-state index contributed by atoms with van der Waals surface area (Å²) in [7, 11) is 0. The van der Waals surface area contributed by atoms with Gasteiger partial charge in [-0.3, -0.25) is 15.1 Å². The van der Waals surface area contributed by atoms with Gasteiger partial charge in [0.15, 0.2) is 11.6 Å². The number of nitrogens with one attached hydrogen (secondary N) is 1. The quantitative estimate of drug-likeness (QED) is 0.184. The Bertz CT molecular complexity index is 2200. The van der Waals surface area contributed by atoms with Gasteiger partial charge in [0.1, 0.15) is 23.3 Å². The smallest absolute Gasteiger partial charge is 0.411 e. The molecule has 0 radical (unpaired) electrons. The van der Waals surface area contributed by atoms with E-state index >= 15 is 0 Å². The van der Waals surface area contributed by atoms with Gasteiger partial charge in [-0.2, -0.15) is 19.6 Å². The SMILES string of the molecule is CC1c2ccccc2CN1C(=O)OC(C)(C)C.Cc1noc(C2NCc3ccccc32)n1.Cc1noc(C2c3ccccc3CN2C(=O)OC(C)(C)C)n1.O=C=O. The second-order valence-electron chi connectivity index (χ2n) is 15.6. The molecule has 3 aromatic carbocycles. The topological polar surface area (TPSA) is 183 Å². The largest absolute Gasteiger partial charge is 0.444 e. The number of fused-ring (bicyclic) bond motifs is 3. The zero-order valence-corrected chi connectivity index (χ0v) is 33.7. The van der Waals surface area contributed by atoms with Crippen LogP contribution in [0.4, 0.5) is 9.59 Å². The molecule has 0 saturated heterocycles. The van der Waals surface area contributed by atoms with E-state index in [4.69, 9.17) is 28.1 Å². The molecule has 5 heterocycles. The van der Waals surface area contributed by atoms with Crippen LogP contribution in [0.1, 0.15) is 123 Å². The molecule has 0 aliphatic carbocycles. The van der Waals surface area contributed by atoms with Crippen LogP contribution in [-0.2, 0) is 38.7 Å². The van der Waals surface area contributed by atoms with Crippen molar-refractivity contribution in [2.24, 2.45) is 0 Å². The highest BCUT2D eigenvalue weighted by Gasteiger charge is 2.40. The monoisotopic (exact) mass is 779 g/mol. The fraction of sp³-hybridized carbons (Fsp3) is 0.405. The summed E-state index contributed by atoms with van der Waals surface area (Å²) in [6.07, 6.45) is -0.370. The van der Waals surface area contributed by atoms with E-state index in [0.29, 0.717) is 36.5 Å². The lowest BCUT2D eigenvalue weighted by molar-refractivity contribution is -0.191. The lowest BCUT2D eigenvalue weighted by atomic mass is 10.1. The number of nitrogens with zero attached hydrogens (tertiary/aromatic N) is 6. The van der Waals surface area contributed by atoms with Gasteiger partial charge in [0.25, 0.3) is 5.89 Å². The van der Waals surface area contributed by atoms with Gasteiger partial charge in [-0.15, -0.1) is 0 Å². The molecule has 0 fully saturated rings. The third kappa shape index (κ3) is 10.6. The number of carbonyl (C=O) groups is 2. The molecule has 0 bridgehead atoms. The predicted molar refractivity (Wildman–Crippen MR) is 205 cm³/mol. The van der Waals surface area contributed by atoms with Gasteiger partial charge in [-0.05, 0) is 95.7 Å². The number of hydrogen-bond acceptors (Lipinski definition) is 13. The van der Waals surface area contributed by atoms with Crippen molar-refractivity contribution < 1.29 is 37.7 Å². The van der Waals surface area contributed by atoms with Crippen molar-refractivity contribution in [1.82, 2.24) is 35.4 Å². The van der Waals surface area contributed by atoms with E-state index < -0.39 is 17.2 Å². The first kappa shape index (κ1) is 42.0. The van der Waals surface area contributed by atoms with Gasteiger partial charge in [0, 0.05) is 13.1 Å². The van der Waals surface area contributed by atoms with Crippen LogP contribution in [0.3, 0.4) is 0 Å². The lowest BCUT2D eigenvalue weighted by Gasteiger charge is -2.27. The fourth-order valence-corrected chi connectivity index (χ4v) is 6.64. The summed E-state index contributed by atoms with van der Waals surface area (Å²) in [5.74, 6) is 2.28. The molecule has 15 heteroatoms. The van der Waals surface area contributed by atoms with Crippen molar-refractivity contribution in [3.8, 4) is 0 Å². The zero-order valence-electron chi connectivity index (χ0n) is 33.7. The normalized spacial score (nSPS) is 17.6. The van der Waals surface area contributed by atoms with Gasteiger partial charge >= 0.3 is 18.3 Å². The maximum Gasteiger partial charge on any atom is 0.411 e. The van der Waals surface area contributed by atoms with E-state index in [-0.39, 0.29) is 30.4 Å². The van der Waals surface area contributed by atoms with Crippen LogP contribution in [0.25, 0.3) is 0 Å². The van der Waals surface area contributed by atoms with Crippen molar-refractivity contribution in [2.75, 3.05) is 0 Å². The molecule has 1 N–H and O–H groups in total. The van der Waals surface area contributed by atoms with E-state index in [1.165, 1.54) is 22.3 Å². The minimum Gasteiger partial charge on any atom is -0.444 e. The van der Waals surface area contributed by atoms with Crippen LogP contribution in [-0.4, -0.2) is 59.6 Å². The van der Waals surface area contributed by atoms with E-state index in [1.807, 2.05) is 104 Å². The summed E-state index contributed by atoms with van der Waals surface area (Å²) >= 11 is 0. The number of benzene rings is 3. The van der Waals surface area contributed by atoms with Crippen LogP contribution in [0.2, 0.25) is 0 Å². The molecule has 5 aromatic rings. The van der Waals surface area contributed by atoms with Crippen LogP contribution in [0.15, 0.2) is 81.8 Å². The van der Waals surface area contributed by atoms with Crippen molar-refractivity contribution >= 4 is 18.3 Å². The molecule has 3 atom stereocenters. The van der Waals surface area contributed by atoms with Gasteiger partial charge < -0.3 is 18.5 Å². The van der Waals surface area contributed by atoms with E-state index in [2.05, 4.69) is 49.9 Å². The number of aryl methyl sites for hydroxylation is 2. The van der Waals surface area contributed by atoms with Crippen LogP contribution >= 0.6 is 0 Å². The van der Waals surface area contributed by atoms with Crippen molar-refractivity contribution in [1.29, 1.82) is 0 Å². The van der Waals surface area contributed by atoms with Crippen LogP contribution in [0.5, 0.6) is 0 Å². The Morgan fingerprint density at radius 2 is 1.12 bits per heavy atom. The van der Waals surface area contributed by atoms with Crippen molar-refractivity contribution in [3.05, 3.63) is 130 Å². The number of amides is 2. The molecule has 300 valence electrons. The molecular formula is C42H49N7O8. The number of rotatable bonds is 2. The van der Waals surface area contributed by atoms with Gasteiger partial charge in [0.2, 0.25) is 5.89 Å². The molecule has 0 saturated carbocycles. The summed E-state index contributed by atoms with van der Waals surface area (Å²) in [5.41, 5.74) is 6.04. The fourth-order valence-electron chi connectivity index (χ4n) is 6.64. The lowest BCUT2D eigenvalue weighted by Crippen LogP contribution is -2.36. The maximum absolute atomic E-state index is 12.5. The van der Waals surface area contributed by atoms with Gasteiger partial charge in [-0.25, -0.2) is 9.59 Å². The highest BCUT2D eigenvalue weighted by Crippen LogP contribution is 2.39. The number of ether oxygens (including phenoxy) is 2. The molecule has 0 spiro atoms. The molecule has 3 unspecified atom stereocenters. The molecule has 3 aliphatic heterocycles. The van der Waals surface area contributed by atoms with Crippen LogP contribution in [0, 0.1) is 13.8 Å². The van der Waals surface area contributed by atoms with Gasteiger partial charge in [-0.1, -0.05) is 83.1 Å². The van der Waals surface area contributed by atoms with E-state index in [1.54, 1.807) is 16.7 Å². The maximum atomic E-state index is 12.5. The minimum atomic E-state index is -0.554. The Kier molecular flexibility index (Phi) is 13.1. The first-order valence-electron chi connectivity index (χ1n) is 18.5. The Morgan fingerprint density at radius 3 is 1.63 bits per heavy atom. The second-order valence-corrected chi connectivity index (χ2v) is 15.6.